The van der Waals surface area contributed by atoms with Crippen molar-refractivity contribution in [3.05, 3.63) is 94.1 Å². The van der Waals surface area contributed by atoms with Crippen LogP contribution >= 0.6 is 0 Å². The topological polar surface area (TPSA) is 129 Å². The highest BCUT2D eigenvalue weighted by Gasteiger charge is 2.48. The van der Waals surface area contributed by atoms with Crippen molar-refractivity contribution in [2.45, 2.75) is 44.6 Å². The Labute approximate surface area is 217 Å². The molecule has 0 unspecified atom stereocenters. The van der Waals surface area contributed by atoms with E-state index in [0.717, 1.165) is 11.1 Å². The highest BCUT2D eigenvalue weighted by Crippen LogP contribution is 2.39. The number of halogens is 1. The number of hydrogen-bond donors (Lipinski definition) is 0. The van der Waals surface area contributed by atoms with Gasteiger partial charge in [-0.3, -0.25) is 0 Å². The molecule has 1 fully saturated rings. The molecule has 0 amide bonds. The van der Waals surface area contributed by atoms with Crippen molar-refractivity contribution in [1.29, 1.82) is 0 Å². The average Bonchev–Trinajstić information content (AvgIpc) is 3.49. The Bertz CT molecular complexity index is 1400. The first-order valence-corrected chi connectivity index (χ1v) is 12.2. The number of aromatic nitrogens is 4. The molecule has 4 aromatic rings. The molecular formula is C26H26FN7O4. The number of benzene rings is 2. The summed E-state index contributed by atoms with van der Waals surface area (Å²) in [5.74, 6) is -0.0695. The molecule has 1 saturated heterocycles. The van der Waals surface area contributed by atoms with Gasteiger partial charge in [-0.05, 0) is 28.7 Å². The fourth-order valence-corrected chi connectivity index (χ4v) is 4.29. The minimum Gasteiger partial charge on any atom is -0.475 e. The largest absolute Gasteiger partial charge is 0.475 e. The molecule has 12 heteroatoms. The van der Waals surface area contributed by atoms with Crippen LogP contribution in [0.5, 0.6) is 5.88 Å². The van der Waals surface area contributed by atoms with Gasteiger partial charge in [0.1, 0.15) is 18.3 Å². The maximum atomic E-state index is 16.0. The number of rotatable bonds is 11. The molecule has 0 aliphatic carbocycles. The molecule has 0 N–H and O–H groups in total. The van der Waals surface area contributed by atoms with Gasteiger partial charge in [-0.1, -0.05) is 60.7 Å². The van der Waals surface area contributed by atoms with E-state index < -0.39 is 24.5 Å². The molecule has 1 aliphatic heterocycles. The van der Waals surface area contributed by atoms with Gasteiger partial charge in [0.25, 0.3) is 5.88 Å². The van der Waals surface area contributed by atoms with E-state index >= 15 is 4.39 Å². The Morgan fingerprint density at radius 3 is 2.47 bits per heavy atom. The lowest BCUT2D eigenvalue weighted by Crippen LogP contribution is -2.34. The number of alkyl halides is 1. The summed E-state index contributed by atoms with van der Waals surface area (Å²) in [5.41, 5.74) is 11.3. The Kier molecular flexibility index (Phi) is 8.05. The fraction of sp³-hybridized carbons (Fsp3) is 0.346. The van der Waals surface area contributed by atoms with Crippen molar-refractivity contribution in [1.82, 2.24) is 19.6 Å². The molecule has 2 aromatic carbocycles. The number of azide groups is 1. The first-order valence-electron chi connectivity index (χ1n) is 12.2. The molecule has 0 spiro atoms. The summed E-state index contributed by atoms with van der Waals surface area (Å²) in [4.78, 5) is 11.2. The predicted octanol–water partition coefficient (Wildman–Crippen LogP) is 5.05. The summed E-state index contributed by atoms with van der Waals surface area (Å²) in [7, 11) is 0. The number of imidazole rings is 1. The van der Waals surface area contributed by atoms with Gasteiger partial charge in [0, 0.05) is 4.91 Å². The number of hydrogen-bond acceptors (Lipinski definition) is 8. The Morgan fingerprint density at radius 2 is 1.79 bits per heavy atom. The van der Waals surface area contributed by atoms with Crippen LogP contribution in [0, 0.1) is 0 Å². The SMILES string of the molecule is CCOc1nc(N=[N+]=[N-])nn2c([C@@H]3O[C@H](COCc4ccccc4)[C@@H](OCc4ccccc4)[C@H]3F)cnc12. The van der Waals surface area contributed by atoms with Gasteiger partial charge in [-0.2, -0.15) is 4.98 Å². The van der Waals surface area contributed by atoms with Crippen molar-refractivity contribution in [2.24, 2.45) is 5.11 Å². The molecule has 0 saturated carbocycles. The predicted molar refractivity (Wildman–Crippen MR) is 134 cm³/mol. The summed E-state index contributed by atoms with van der Waals surface area (Å²) >= 11 is 0. The standard InChI is InChI=1S/C26H26FN7O4/c1-2-36-25-24-29-13-19(34(24)32-26(30-25)31-33-28)22-21(27)23(37-15-18-11-7-4-8-12-18)20(38-22)16-35-14-17-9-5-3-6-10-17/h3-13,20-23H,2,14-16H2,1H3/t20-,21+,22+,23-/m1/s1. The van der Waals surface area contributed by atoms with Crippen LogP contribution in [0.3, 0.4) is 0 Å². The van der Waals surface area contributed by atoms with Crippen molar-refractivity contribution in [3.8, 4) is 5.88 Å². The monoisotopic (exact) mass is 519 g/mol. The van der Waals surface area contributed by atoms with E-state index in [1.807, 2.05) is 60.7 Å². The molecule has 0 bridgehead atoms. The number of nitrogens with zero attached hydrogens (tertiary/aromatic N) is 7. The van der Waals surface area contributed by atoms with Crippen LogP contribution in [0.1, 0.15) is 29.8 Å². The van der Waals surface area contributed by atoms with Crippen molar-refractivity contribution >= 4 is 11.6 Å². The van der Waals surface area contributed by atoms with Crippen LogP contribution in [-0.4, -0.2) is 51.2 Å². The number of fused-ring (bicyclic) bond motifs is 1. The molecule has 38 heavy (non-hydrogen) atoms. The zero-order valence-corrected chi connectivity index (χ0v) is 20.6. The van der Waals surface area contributed by atoms with E-state index in [-0.39, 0.29) is 30.7 Å². The Balaban J connectivity index is 1.41. The summed E-state index contributed by atoms with van der Waals surface area (Å²) in [5, 5.41) is 7.69. The van der Waals surface area contributed by atoms with E-state index in [4.69, 9.17) is 24.5 Å². The third-order valence-corrected chi connectivity index (χ3v) is 6.02. The van der Waals surface area contributed by atoms with E-state index in [2.05, 4.69) is 25.1 Å². The van der Waals surface area contributed by atoms with Crippen molar-refractivity contribution in [3.63, 3.8) is 0 Å². The minimum absolute atomic E-state index is 0.115. The third kappa shape index (κ3) is 5.58. The van der Waals surface area contributed by atoms with Crippen LogP contribution in [0.25, 0.3) is 16.1 Å². The second-order valence-corrected chi connectivity index (χ2v) is 8.56. The molecular weight excluding hydrogens is 493 g/mol. The van der Waals surface area contributed by atoms with Gasteiger partial charge in [-0.15, -0.1) is 5.10 Å². The lowest BCUT2D eigenvalue weighted by Gasteiger charge is -2.20. The van der Waals surface area contributed by atoms with Crippen LogP contribution in [0.2, 0.25) is 0 Å². The average molecular weight is 520 g/mol. The maximum absolute atomic E-state index is 16.0. The van der Waals surface area contributed by atoms with Crippen LogP contribution in [0.4, 0.5) is 10.3 Å². The molecule has 5 rings (SSSR count). The molecule has 11 nitrogen and oxygen atoms in total. The molecule has 1 aliphatic rings. The van der Waals surface area contributed by atoms with Crippen LogP contribution < -0.4 is 4.74 Å². The fourth-order valence-electron chi connectivity index (χ4n) is 4.29. The second-order valence-electron chi connectivity index (χ2n) is 8.56. The zero-order valence-electron chi connectivity index (χ0n) is 20.6. The lowest BCUT2D eigenvalue weighted by atomic mass is 10.1. The van der Waals surface area contributed by atoms with Crippen molar-refractivity contribution < 1.29 is 23.3 Å². The smallest absolute Gasteiger partial charge is 0.261 e. The first-order chi connectivity index (χ1) is 18.7. The summed E-state index contributed by atoms with van der Waals surface area (Å²) < 4.78 is 41.0. The summed E-state index contributed by atoms with van der Waals surface area (Å²) in [6.07, 6.45) is -2.79. The van der Waals surface area contributed by atoms with E-state index in [1.54, 1.807) is 6.92 Å². The van der Waals surface area contributed by atoms with Gasteiger partial charge in [-0.25, -0.2) is 13.9 Å². The van der Waals surface area contributed by atoms with Crippen LogP contribution in [-0.2, 0) is 27.4 Å². The highest BCUT2D eigenvalue weighted by molar-refractivity contribution is 5.51. The minimum atomic E-state index is -1.56. The van der Waals surface area contributed by atoms with Gasteiger partial charge in [0.15, 0.2) is 6.17 Å². The molecule has 2 aromatic heterocycles. The highest BCUT2D eigenvalue weighted by atomic mass is 19.1. The van der Waals surface area contributed by atoms with Gasteiger partial charge in [0.05, 0.1) is 38.3 Å². The van der Waals surface area contributed by atoms with Crippen molar-refractivity contribution in [2.75, 3.05) is 13.2 Å². The Hall–Kier alpha value is -4.09. The molecule has 3 heterocycles. The van der Waals surface area contributed by atoms with E-state index in [9.17, 15) is 0 Å². The molecule has 4 atom stereocenters. The van der Waals surface area contributed by atoms with Gasteiger partial charge >= 0.3 is 0 Å². The first kappa shape index (κ1) is 25.6. The quantitative estimate of drug-likeness (QED) is 0.154. The lowest BCUT2D eigenvalue weighted by molar-refractivity contribution is -0.0742. The normalized spacial score (nSPS) is 20.9. The maximum Gasteiger partial charge on any atom is 0.261 e. The third-order valence-electron chi connectivity index (χ3n) is 6.02. The molecule has 0 radical (unpaired) electrons. The van der Waals surface area contributed by atoms with Gasteiger partial charge in [0.2, 0.25) is 11.6 Å². The van der Waals surface area contributed by atoms with E-state index in [0.29, 0.717) is 18.9 Å². The summed E-state index contributed by atoms with van der Waals surface area (Å²) in [6.45, 7) is 2.76. The zero-order chi connectivity index (χ0) is 26.3. The number of ether oxygens (including phenoxy) is 4. The molecule has 196 valence electrons. The second kappa shape index (κ2) is 12.0. The van der Waals surface area contributed by atoms with E-state index in [1.165, 1.54) is 10.7 Å². The van der Waals surface area contributed by atoms with Gasteiger partial charge < -0.3 is 18.9 Å². The Morgan fingerprint density at radius 1 is 1.08 bits per heavy atom. The van der Waals surface area contributed by atoms with Crippen LogP contribution in [0.15, 0.2) is 72.0 Å². The summed E-state index contributed by atoms with van der Waals surface area (Å²) in [6, 6.07) is 19.2.